The summed E-state index contributed by atoms with van der Waals surface area (Å²) in [6.07, 6.45) is 3.84. The Kier molecular flexibility index (Phi) is 5.77. The number of likely N-dealkylation sites (N-methyl/N-ethyl adjacent to an activating group) is 1. The third kappa shape index (κ3) is 4.05. The third-order valence-electron chi connectivity index (χ3n) is 3.76. The number of hydrogen-bond acceptors (Lipinski definition) is 2. The Morgan fingerprint density at radius 3 is 2.62 bits per heavy atom. The van der Waals surface area contributed by atoms with E-state index in [1.165, 1.54) is 5.56 Å². The molecule has 1 aromatic heterocycles. The van der Waals surface area contributed by atoms with Crippen LogP contribution < -0.4 is 5.32 Å². The van der Waals surface area contributed by atoms with Gasteiger partial charge in [0.1, 0.15) is 0 Å². The summed E-state index contributed by atoms with van der Waals surface area (Å²) >= 11 is 6.48. The molecule has 0 amide bonds. The molecule has 2 nitrogen and oxygen atoms in total. The lowest BCUT2D eigenvalue weighted by Crippen LogP contribution is -2.23. The molecule has 112 valence electrons. The van der Waals surface area contributed by atoms with Gasteiger partial charge in [0.15, 0.2) is 0 Å². The van der Waals surface area contributed by atoms with Gasteiger partial charge in [0, 0.05) is 29.4 Å². The van der Waals surface area contributed by atoms with E-state index in [9.17, 15) is 0 Å². The number of hydrogen-bond donors (Lipinski definition) is 1. The zero-order valence-electron chi connectivity index (χ0n) is 13.0. The van der Waals surface area contributed by atoms with E-state index in [0.717, 1.165) is 41.2 Å². The summed E-state index contributed by atoms with van der Waals surface area (Å²) in [4.78, 5) is 4.57. The fourth-order valence-corrected chi connectivity index (χ4v) is 2.73. The second-order valence-electron chi connectivity index (χ2n) is 5.30. The van der Waals surface area contributed by atoms with Crippen LogP contribution in [0.1, 0.15) is 42.3 Å². The first-order valence-electron chi connectivity index (χ1n) is 7.57. The largest absolute Gasteiger partial charge is 0.310 e. The molecule has 0 bridgehead atoms. The van der Waals surface area contributed by atoms with E-state index >= 15 is 0 Å². The third-order valence-corrected chi connectivity index (χ3v) is 4.27. The molecule has 0 spiro atoms. The van der Waals surface area contributed by atoms with Crippen LogP contribution in [0.15, 0.2) is 36.5 Å². The Bertz CT molecular complexity index is 578. The van der Waals surface area contributed by atoms with Gasteiger partial charge in [0.25, 0.3) is 0 Å². The quantitative estimate of drug-likeness (QED) is 0.850. The van der Waals surface area contributed by atoms with Gasteiger partial charge >= 0.3 is 0 Å². The molecule has 0 aliphatic heterocycles. The molecule has 2 rings (SSSR count). The SMILES string of the molecule is CCNC(Cc1ccc(CC)cn1)c1cccc(C)c1Cl. The zero-order chi connectivity index (χ0) is 15.2. The predicted octanol–water partition coefficient (Wildman–Crippen LogP) is 4.50. The van der Waals surface area contributed by atoms with Crippen molar-refractivity contribution < 1.29 is 0 Å². The minimum Gasteiger partial charge on any atom is -0.310 e. The monoisotopic (exact) mass is 302 g/mol. The maximum absolute atomic E-state index is 6.48. The van der Waals surface area contributed by atoms with Gasteiger partial charge in [-0.1, -0.05) is 49.7 Å². The van der Waals surface area contributed by atoms with Crippen LogP contribution in [0.5, 0.6) is 0 Å². The number of aryl methyl sites for hydroxylation is 2. The Morgan fingerprint density at radius 1 is 1.19 bits per heavy atom. The Morgan fingerprint density at radius 2 is 2.00 bits per heavy atom. The first-order chi connectivity index (χ1) is 10.2. The summed E-state index contributed by atoms with van der Waals surface area (Å²) in [6.45, 7) is 7.21. The highest BCUT2D eigenvalue weighted by molar-refractivity contribution is 6.32. The van der Waals surface area contributed by atoms with E-state index in [1.54, 1.807) is 0 Å². The number of aromatic nitrogens is 1. The number of nitrogens with zero attached hydrogens (tertiary/aromatic N) is 1. The zero-order valence-corrected chi connectivity index (χ0v) is 13.7. The molecule has 0 radical (unpaired) electrons. The molecule has 0 saturated carbocycles. The van der Waals surface area contributed by atoms with Crippen molar-refractivity contribution >= 4 is 11.6 Å². The van der Waals surface area contributed by atoms with Crippen LogP contribution in [0, 0.1) is 6.92 Å². The molecular formula is C18H23ClN2. The maximum atomic E-state index is 6.48. The Hall–Kier alpha value is -1.38. The van der Waals surface area contributed by atoms with Crippen molar-refractivity contribution in [3.05, 3.63) is 63.9 Å². The average molecular weight is 303 g/mol. The van der Waals surface area contributed by atoms with Crippen LogP contribution in [0.4, 0.5) is 0 Å². The molecule has 2 aromatic rings. The summed E-state index contributed by atoms with van der Waals surface area (Å²) in [5.41, 5.74) is 4.63. The van der Waals surface area contributed by atoms with Crippen molar-refractivity contribution in [1.82, 2.24) is 10.3 Å². The number of halogens is 1. The van der Waals surface area contributed by atoms with Gasteiger partial charge in [-0.25, -0.2) is 0 Å². The fourth-order valence-electron chi connectivity index (χ4n) is 2.47. The summed E-state index contributed by atoms with van der Waals surface area (Å²) in [5, 5.41) is 4.37. The van der Waals surface area contributed by atoms with Crippen LogP contribution in [0.3, 0.4) is 0 Å². The van der Waals surface area contributed by atoms with Crippen molar-refractivity contribution in [2.24, 2.45) is 0 Å². The molecule has 1 unspecified atom stereocenters. The first kappa shape index (κ1) is 16.0. The lowest BCUT2D eigenvalue weighted by Gasteiger charge is -2.20. The van der Waals surface area contributed by atoms with Gasteiger partial charge in [-0.3, -0.25) is 4.98 Å². The molecule has 21 heavy (non-hydrogen) atoms. The van der Waals surface area contributed by atoms with Gasteiger partial charge in [0.2, 0.25) is 0 Å². The molecule has 1 N–H and O–H groups in total. The second-order valence-corrected chi connectivity index (χ2v) is 5.68. The van der Waals surface area contributed by atoms with Crippen molar-refractivity contribution in [3.8, 4) is 0 Å². The standard InChI is InChI=1S/C18H23ClN2/c1-4-14-9-10-15(21-12-14)11-17(20-5-2)16-8-6-7-13(3)18(16)19/h6-10,12,17,20H,4-5,11H2,1-3H3. The number of pyridine rings is 1. The van der Waals surface area contributed by atoms with E-state index < -0.39 is 0 Å². The Balaban J connectivity index is 2.24. The summed E-state index contributed by atoms with van der Waals surface area (Å²) < 4.78 is 0. The minimum atomic E-state index is 0.197. The van der Waals surface area contributed by atoms with Crippen LogP contribution in [-0.2, 0) is 12.8 Å². The minimum absolute atomic E-state index is 0.197. The summed E-state index contributed by atoms with van der Waals surface area (Å²) in [7, 11) is 0. The van der Waals surface area contributed by atoms with Gasteiger partial charge in [-0.15, -0.1) is 0 Å². The van der Waals surface area contributed by atoms with Crippen LogP contribution in [0.25, 0.3) is 0 Å². The lowest BCUT2D eigenvalue weighted by atomic mass is 9.99. The van der Waals surface area contributed by atoms with E-state index in [2.05, 4.69) is 48.4 Å². The molecule has 0 aliphatic carbocycles. The lowest BCUT2D eigenvalue weighted by molar-refractivity contribution is 0.544. The van der Waals surface area contributed by atoms with Crippen LogP contribution >= 0.6 is 11.6 Å². The molecule has 1 aromatic carbocycles. The van der Waals surface area contributed by atoms with E-state index in [1.807, 2.05) is 19.2 Å². The van der Waals surface area contributed by atoms with Crippen LogP contribution in [0.2, 0.25) is 5.02 Å². The predicted molar refractivity (Wildman–Crippen MR) is 89.9 cm³/mol. The second kappa shape index (κ2) is 7.58. The average Bonchev–Trinajstić information content (AvgIpc) is 2.50. The van der Waals surface area contributed by atoms with E-state index in [0.29, 0.717) is 0 Å². The molecule has 1 heterocycles. The van der Waals surface area contributed by atoms with E-state index in [4.69, 9.17) is 11.6 Å². The highest BCUT2D eigenvalue weighted by atomic mass is 35.5. The molecular weight excluding hydrogens is 280 g/mol. The number of benzene rings is 1. The highest BCUT2D eigenvalue weighted by Crippen LogP contribution is 2.28. The molecule has 1 atom stereocenters. The maximum Gasteiger partial charge on any atom is 0.0483 e. The van der Waals surface area contributed by atoms with Gasteiger partial charge in [-0.2, -0.15) is 0 Å². The van der Waals surface area contributed by atoms with Crippen molar-refractivity contribution in [1.29, 1.82) is 0 Å². The van der Waals surface area contributed by atoms with Gasteiger partial charge in [0.05, 0.1) is 0 Å². The number of rotatable bonds is 6. The van der Waals surface area contributed by atoms with Crippen LogP contribution in [-0.4, -0.2) is 11.5 Å². The van der Waals surface area contributed by atoms with E-state index in [-0.39, 0.29) is 6.04 Å². The summed E-state index contributed by atoms with van der Waals surface area (Å²) in [6, 6.07) is 10.7. The summed E-state index contributed by atoms with van der Waals surface area (Å²) in [5.74, 6) is 0. The van der Waals surface area contributed by atoms with Gasteiger partial charge in [-0.05, 0) is 42.6 Å². The van der Waals surface area contributed by atoms with Crippen molar-refractivity contribution in [2.75, 3.05) is 6.54 Å². The van der Waals surface area contributed by atoms with Gasteiger partial charge < -0.3 is 5.32 Å². The normalized spacial score (nSPS) is 12.4. The Labute approximate surface area is 132 Å². The molecule has 0 aliphatic rings. The fraction of sp³-hybridized carbons (Fsp3) is 0.389. The molecule has 3 heteroatoms. The molecule has 0 fully saturated rings. The first-order valence-corrected chi connectivity index (χ1v) is 7.95. The number of nitrogens with one attached hydrogen (secondary N) is 1. The van der Waals surface area contributed by atoms with Crippen molar-refractivity contribution in [3.63, 3.8) is 0 Å². The topological polar surface area (TPSA) is 24.9 Å². The highest BCUT2D eigenvalue weighted by Gasteiger charge is 2.16. The smallest absolute Gasteiger partial charge is 0.0483 e. The molecule has 0 saturated heterocycles. The van der Waals surface area contributed by atoms with Crippen molar-refractivity contribution in [2.45, 2.75) is 39.7 Å².